The molecule has 3 rings (SSSR count). The summed E-state index contributed by atoms with van der Waals surface area (Å²) in [5, 5.41) is 4.06. The van der Waals surface area contributed by atoms with Crippen LogP contribution in [0.2, 0.25) is 0 Å². The SMILES string of the molecule is COc1ccc(-c2cc(CC(=O)N3CCCCC3C)no2)cc1OC. The van der Waals surface area contributed by atoms with Crippen LogP contribution >= 0.6 is 0 Å². The van der Waals surface area contributed by atoms with Gasteiger partial charge < -0.3 is 18.9 Å². The molecular weight excluding hydrogens is 320 g/mol. The minimum Gasteiger partial charge on any atom is -0.493 e. The van der Waals surface area contributed by atoms with Gasteiger partial charge in [0, 0.05) is 24.2 Å². The molecule has 1 aromatic heterocycles. The molecule has 1 aromatic carbocycles. The number of carbonyl (C=O) groups excluding carboxylic acids is 1. The number of piperidine rings is 1. The average molecular weight is 344 g/mol. The van der Waals surface area contributed by atoms with Crippen molar-refractivity contribution in [2.45, 2.75) is 38.6 Å². The van der Waals surface area contributed by atoms with Crippen molar-refractivity contribution in [3.8, 4) is 22.8 Å². The second-order valence-corrected chi connectivity index (χ2v) is 6.36. The van der Waals surface area contributed by atoms with E-state index in [1.165, 1.54) is 6.42 Å². The number of ether oxygens (including phenoxy) is 2. The van der Waals surface area contributed by atoms with E-state index >= 15 is 0 Å². The molecule has 6 heteroatoms. The molecule has 1 saturated heterocycles. The van der Waals surface area contributed by atoms with Gasteiger partial charge in [-0.25, -0.2) is 0 Å². The number of amides is 1. The largest absolute Gasteiger partial charge is 0.493 e. The van der Waals surface area contributed by atoms with Crippen molar-refractivity contribution >= 4 is 5.91 Å². The van der Waals surface area contributed by atoms with Crippen molar-refractivity contribution in [1.82, 2.24) is 10.1 Å². The fourth-order valence-electron chi connectivity index (χ4n) is 3.25. The van der Waals surface area contributed by atoms with Gasteiger partial charge in [0.15, 0.2) is 17.3 Å². The van der Waals surface area contributed by atoms with E-state index in [9.17, 15) is 4.79 Å². The molecule has 0 bridgehead atoms. The molecular formula is C19H24N2O4. The van der Waals surface area contributed by atoms with Gasteiger partial charge in [-0.05, 0) is 44.4 Å². The molecule has 1 aliphatic heterocycles. The van der Waals surface area contributed by atoms with Gasteiger partial charge in [-0.15, -0.1) is 0 Å². The van der Waals surface area contributed by atoms with E-state index in [0.717, 1.165) is 24.9 Å². The van der Waals surface area contributed by atoms with Crippen molar-refractivity contribution in [2.24, 2.45) is 0 Å². The minimum absolute atomic E-state index is 0.111. The summed E-state index contributed by atoms with van der Waals surface area (Å²) in [6.07, 6.45) is 3.60. The summed E-state index contributed by atoms with van der Waals surface area (Å²) in [6.45, 7) is 2.94. The zero-order valence-electron chi connectivity index (χ0n) is 14.9. The van der Waals surface area contributed by atoms with Crippen LogP contribution in [0.5, 0.6) is 11.5 Å². The lowest BCUT2D eigenvalue weighted by Gasteiger charge is -2.33. The standard InChI is InChI=1S/C19H24N2O4/c1-13-6-4-5-9-21(13)19(22)12-15-11-17(25-20-15)14-7-8-16(23-2)18(10-14)24-3/h7-8,10-11,13H,4-6,9,12H2,1-3H3. The summed E-state index contributed by atoms with van der Waals surface area (Å²) in [7, 11) is 3.18. The van der Waals surface area contributed by atoms with Crippen molar-refractivity contribution in [3.05, 3.63) is 30.0 Å². The Morgan fingerprint density at radius 2 is 2.04 bits per heavy atom. The number of hydrogen-bond acceptors (Lipinski definition) is 5. The highest BCUT2D eigenvalue weighted by molar-refractivity contribution is 5.79. The van der Waals surface area contributed by atoms with Crippen LogP contribution in [0.15, 0.2) is 28.8 Å². The lowest BCUT2D eigenvalue weighted by Crippen LogP contribution is -2.42. The maximum Gasteiger partial charge on any atom is 0.228 e. The first-order valence-electron chi connectivity index (χ1n) is 8.60. The summed E-state index contributed by atoms with van der Waals surface area (Å²) in [4.78, 5) is 14.5. The Morgan fingerprint density at radius 1 is 1.24 bits per heavy atom. The Morgan fingerprint density at radius 3 is 2.76 bits per heavy atom. The number of likely N-dealkylation sites (tertiary alicyclic amines) is 1. The lowest BCUT2D eigenvalue weighted by atomic mass is 10.0. The number of carbonyl (C=O) groups is 1. The molecule has 1 fully saturated rings. The third-order valence-corrected chi connectivity index (χ3v) is 4.68. The summed E-state index contributed by atoms with van der Waals surface area (Å²) >= 11 is 0. The van der Waals surface area contributed by atoms with Crippen LogP contribution in [0.25, 0.3) is 11.3 Å². The van der Waals surface area contributed by atoms with Gasteiger partial charge in [0.05, 0.1) is 26.3 Å². The Hall–Kier alpha value is -2.50. The maximum absolute atomic E-state index is 12.5. The molecule has 25 heavy (non-hydrogen) atoms. The van der Waals surface area contributed by atoms with Crippen LogP contribution in [0.3, 0.4) is 0 Å². The van der Waals surface area contributed by atoms with Crippen LogP contribution in [-0.4, -0.2) is 42.8 Å². The highest BCUT2D eigenvalue weighted by Crippen LogP contribution is 2.32. The highest BCUT2D eigenvalue weighted by Gasteiger charge is 2.24. The molecule has 0 N–H and O–H groups in total. The van der Waals surface area contributed by atoms with Gasteiger partial charge in [-0.2, -0.15) is 0 Å². The minimum atomic E-state index is 0.111. The first-order valence-corrected chi connectivity index (χ1v) is 8.60. The third kappa shape index (κ3) is 3.78. The smallest absolute Gasteiger partial charge is 0.228 e. The molecule has 1 amide bonds. The zero-order chi connectivity index (χ0) is 17.8. The van der Waals surface area contributed by atoms with E-state index in [1.807, 2.05) is 29.2 Å². The Kier molecular flexibility index (Phi) is 5.26. The number of benzene rings is 1. The summed E-state index contributed by atoms with van der Waals surface area (Å²) in [5.41, 5.74) is 1.47. The molecule has 0 radical (unpaired) electrons. The van der Waals surface area contributed by atoms with E-state index in [1.54, 1.807) is 14.2 Å². The predicted octanol–water partition coefficient (Wildman–Crippen LogP) is 3.30. The Labute approximate surface area is 147 Å². The van der Waals surface area contributed by atoms with Crippen LogP contribution < -0.4 is 9.47 Å². The highest BCUT2D eigenvalue weighted by atomic mass is 16.5. The Balaban J connectivity index is 1.73. The molecule has 1 atom stereocenters. The van der Waals surface area contributed by atoms with Gasteiger partial charge in [0.25, 0.3) is 0 Å². The quantitative estimate of drug-likeness (QED) is 0.833. The summed E-state index contributed by atoms with van der Waals surface area (Å²) in [6, 6.07) is 7.64. The summed E-state index contributed by atoms with van der Waals surface area (Å²) < 4.78 is 16.0. The fraction of sp³-hybridized carbons (Fsp3) is 0.474. The molecule has 2 heterocycles. The van der Waals surface area contributed by atoms with E-state index in [0.29, 0.717) is 29.0 Å². The lowest BCUT2D eigenvalue weighted by molar-refractivity contribution is -0.133. The van der Waals surface area contributed by atoms with E-state index < -0.39 is 0 Å². The predicted molar refractivity (Wildman–Crippen MR) is 93.8 cm³/mol. The molecule has 0 spiro atoms. The maximum atomic E-state index is 12.5. The van der Waals surface area contributed by atoms with E-state index in [2.05, 4.69) is 12.1 Å². The molecule has 1 unspecified atom stereocenters. The second-order valence-electron chi connectivity index (χ2n) is 6.36. The van der Waals surface area contributed by atoms with Crippen LogP contribution in [0, 0.1) is 0 Å². The van der Waals surface area contributed by atoms with Gasteiger partial charge in [-0.3, -0.25) is 4.79 Å². The van der Waals surface area contributed by atoms with Crippen LogP contribution in [0.4, 0.5) is 0 Å². The summed E-state index contributed by atoms with van der Waals surface area (Å²) in [5.74, 6) is 1.99. The average Bonchev–Trinajstić information content (AvgIpc) is 3.09. The molecule has 0 saturated carbocycles. The second kappa shape index (κ2) is 7.59. The van der Waals surface area contributed by atoms with Gasteiger partial charge >= 0.3 is 0 Å². The number of nitrogens with zero attached hydrogens (tertiary/aromatic N) is 2. The Bertz CT molecular complexity index is 741. The first-order chi connectivity index (χ1) is 12.1. The van der Waals surface area contributed by atoms with Crippen molar-refractivity contribution < 1.29 is 18.8 Å². The molecule has 0 aliphatic carbocycles. The monoisotopic (exact) mass is 344 g/mol. The molecule has 1 aliphatic rings. The molecule has 134 valence electrons. The topological polar surface area (TPSA) is 64.8 Å². The molecule has 6 nitrogen and oxygen atoms in total. The number of methoxy groups -OCH3 is 2. The van der Waals surface area contributed by atoms with Gasteiger partial charge in [0.2, 0.25) is 5.91 Å². The van der Waals surface area contributed by atoms with Crippen LogP contribution in [0.1, 0.15) is 31.9 Å². The van der Waals surface area contributed by atoms with Gasteiger partial charge in [0.1, 0.15) is 0 Å². The van der Waals surface area contributed by atoms with Crippen molar-refractivity contribution in [2.75, 3.05) is 20.8 Å². The normalized spacial score (nSPS) is 17.4. The van der Waals surface area contributed by atoms with Crippen molar-refractivity contribution in [1.29, 1.82) is 0 Å². The van der Waals surface area contributed by atoms with Crippen molar-refractivity contribution in [3.63, 3.8) is 0 Å². The number of aromatic nitrogens is 1. The number of rotatable bonds is 5. The molecule has 2 aromatic rings. The van der Waals surface area contributed by atoms with Gasteiger partial charge in [-0.1, -0.05) is 5.16 Å². The third-order valence-electron chi connectivity index (χ3n) is 4.68. The zero-order valence-corrected chi connectivity index (χ0v) is 14.9. The first kappa shape index (κ1) is 17.3. The van der Waals surface area contributed by atoms with E-state index in [4.69, 9.17) is 14.0 Å². The fourth-order valence-corrected chi connectivity index (χ4v) is 3.25. The van der Waals surface area contributed by atoms with Crippen LogP contribution in [-0.2, 0) is 11.2 Å². The van der Waals surface area contributed by atoms with E-state index in [-0.39, 0.29) is 12.3 Å². The number of hydrogen-bond donors (Lipinski definition) is 0.